The van der Waals surface area contributed by atoms with Crippen LogP contribution in [0.25, 0.3) is 11.4 Å². The van der Waals surface area contributed by atoms with E-state index in [9.17, 15) is 17.6 Å². The number of aromatic amines is 1. The molecule has 0 radical (unpaired) electrons. The third-order valence-electron chi connectivity index (χ3n) is 4.55. The monoisotopic (exact) mass is 468 g/mol. The fourth-order valence-electron chi connectivity index (χ4n) is 2.97. The maximum atomic E-state index is 13.2. The number of H-pyrrole nitrogens is 1. The van der Waals surface area contributed by atoms with Crippen LogP contribution in [0.4, 0.5) is 15.8 Å². The Bertz CT molecular complexity index is 1390. The first kappa shape index (κ1) is 21.9. The van der Waals surface area contributed by atoms with Crippen molar-refractivity contribution in [2.45, 2.75) is 4.90 Å². The summed E-state index contributed by atoms with van der Waals surface area (Å²) in [5.41, 5.74) is 1.35. The second-order valence-corrected chi connectivity index (χ2v) is 8.43. The van der Waals surface area contributed by atoms with Gasteiger partial charge in [0, 0.05) is 16.8 Å². The number of nitrogens with one attached hydrogen (secondary N) is 3. The van der Waals surface area contributed by atoms with Crippen molar-refractivity contribution in [2.75, 3.05) is 17.1 Å². The van der Waals surface area contributed by atoms with E-state index in [1.165, 1.54) is 19.2 Å². The molecule has 0 spiro atoms. The fraction of sp³-hybridized carbons (Fsp3) is 0.0476. The molecule has 3 aromatic carbocycles. The van der Waals surface area contributed by atoms with Gasteiger partial charge in [-0.1, -0.05) is 12.1 Å². The Morgan fingerprint density at radius 3 is 2.55 bits per heavy atom. The molecule has 168 valence electrons. The third kappa shape index (κ3) is 4.96. The van der Waals surface area contributed by atoms with Crippen molar-refractivity contribution in [2.24, 2.45) is 0 Å². The molecule has 0 aliphatic carbocycles. The topological polar surface area (TPSA) is 139 Å². The number of carbonyl (C=O) groups is 1. The number of hydrogen-bond donors (Lipinski definition) is 3. The molecule has 0 fully saturated rings. The molecule has 4 rings (SSSR count). The summed E-state index contributed by atoms with van der Waals surface area (Å²) < 4.78 is 46.2. The van der Waals surface area contributed by atoms with Crippen LogP contribution in [0.2, 0.25) is 0 Å². The van der Waals surface area contributed by atoms with Gasteiger partial charge in [-0.2, -0.15) is 5.21 Å². The van der Waals surface area contributed by atoms with Gasteiger partial charge in [-0.15, -0.1) is 10.2 Å². The van der Waals surface area contributed by atoms with Crippen LogP contribution in [0.5, 0.6) is 5.75 Å². The van der Waals surface area contributed by atoms with Crippen LogP contribution < -0.4 is 14.8 Å². The first-order chi connectivity index (χ1) is 15.9. The number of anilines is 2. The van der Waals surface area contributed by atoms with E-state index in [-0.39, 0.29) is 16.3 Å². The Kier molecular flexibility index (Phi) is 6.00. The van der Waals surface area contributed by atoms with Gasteiger partial charge in [0.2, 0.25) is 5.82 Å². The van der Waals surface area contributed by atoms with Crippen molar-refractivity contribution < 1.29 is 22.3 Å². The molecule has 3 N–H and O–H groups in total. The Hall–Kier alpha value is -4.32. The van der Waals surface area contributed by atoms with Gasteiger partial charge in [0.05, 0.1) is 17.7 Å². The number of sulfonamides is 1. The van der Waals surface area contributed by atoms with E-state index in [2.05, 4.69) is 30.7 Å². The highest BCUT2D eigenvalue weighted by molar-refractivity contribution is 7.92. The molecule has 0 saturated carbocycles. The SMILES string of the molecule is COc1ccc(NC(=O)c2cccc(-c3nn[nH]n3)c2)cc1NS(=O)(=O)c1ccc(F)cc1. The molecule has 0 aliphatic heterocycles. The molecule has 0 atom stereocenters. The molecule has 0 saturated heterocycles. The minimum atomic E-state index is -4.02. The lowest BCUT2D eigenvalue weighted by atomic mass is 10.1. The lowest BCUT2D eigenvalue weighted by Gasteiger charge is -2.14. The predicted molar refractivity (Wildman–Crippen MR) is 118 cm³/mol. The first-order valence-electron chi connectivity index (χ1n) is 9.47. The van der Waals surface area contributed by atoms with Gasteiger partial charge in [0.25, 0.3) is 15.9 Å². The number of amides is 1. The minimum Gasteiger partial charge on any atom is -0.495 e. The van der Waals surface area contributed by atoms with Crippen LogP contribution in [-0.4, -0.2) is 42.1 Å². The number of benzene rings is 3. The van der Waals surface area contributed by atoms with Crippen molar-refractivity contribution in [3.8, 4) is 17.1 Å². The van der Waals surface area contributed by atoms with Crippen molar-refractivity contribution in [3.63, 3.8) is 0 Å². The third-order valence-corrected chi connectivity index (χ3v) is 5.94. The molecule has 0 aliphatic rings. The zero-order chi connectivity index (χ0) is 23.4. The molecule has 10 nitrogen and oxygen atoms in total. The summed E-state index contributed by atoms with van der Waals surface area (Å²) in [6.45, 7) is 0. The lowest BCUT2D eigenvalue weighted by Crippen LogP contribution is -2.15. The molecular weight excluding hydrogens is 451 g/mol. The minimum absolute atomic E-state index is 0.0974. The second kappa shape index (κ2) is 9.04. The van der Waals surface area contributed by atoms with E-state index >= 15 is 0 Å². The van der Waals surface area contributed by atoms with Crippen molar-refractivity contribution in [3.05, 3.63) is 78.1 Å². The van der Waals surface area contributed by atoms with E-state index in [0.29, 0.717) is 22.6 Å². The number of tetrazole rings is 1. The number of hydrogen-bond acceptors (Lipinski definition) is 7. The van der Waals surface area contributed by atoms with Crippen LogP contribution in [0.3, 0.4) is 0 Å². The molecule has 4 aromatic rings. The maximum Gasteiger partial charge on any atom is 0.262 e. The largest absolute Gasteiger partial charge is 0.495 e. The van der Waals surface area contributed by atoms with Crippen LogP contribution in [-0.2, 0) is 10.0 Å². The van der Waals surface area contributed by atoms with E-state index in [1.54, 1.807) is 30.3 Å². The van der Waals surface area contributed by atoms with E-state index in [1.807, 2.05) is 0 Å². The molecule has 33 heavy (non-hydrogen) atoms. The van der Waals surface area contributed by atoms with Crippen LogP contribution in [0.1, 0.15) is 10.4 Å². The quantitative estimate of drug-likeness (QED) is 0.379. The molecular formula is C21H17FN6O4S. The van der Waals surface area contributed by atoms with Gasteiger partial charge in [0.1, 0.15) is 11.6 Å². The van der Waals surface area contributed by atoms with E-state index < -0.39 is 21.7 Å². The van der Waals surface area contributed by atoms with Gasteiger partial charge in [-0.3, -0.25) is 9.52 Å². The molecule has 12 heteroatoms. The molecule has 1 aromatic heterocycles. The average Bonchev–Trinajstić information content (AvgIpc) is 3.34. The normalized spacial score (nSPS) is 11.1. The Labute approximate surface area is 187 Å². The summed E-state index contributed by atoms with van der Waals surface area (Å²) >= 11 is 0. The molecule has 0 bridgehead atoms. The predicted octanol–water partition coefficient (Wildman–Crippen LogP) is 3.07. The van der Waals surface area contributed by atoms with E-state index in [4.69, 9.17) is 4.74 Å². The first-order valence-corrected chi connectivity index (χ1v) is 11.0. The summed E-state index contributed by atoms with van der Waals surface area (Å²) in [7, 11) is -2.64. The van der Waals surface area contributed by atoms with Crippen LogP contribution in [0, 0.1) is 5.82 Å². The summed E-state index contributed by atoms with van der Waals surface area (Å²) in [5, 5.41) is 16.3. The number of carbonyl (C=O) groups excluding carboxylic acids is 1. The summed E-state index contributed by atoms with van der Waals surface area (Å²) in [6.07, 6.45) is 0. The average molecular weight is 468 g/mol. The van der Waals surface area contributed by atoms with Gasteiger partial charge in [-0.05, 0) is 59.8 Å². The number of methoxy groups -OCH3 is 1. The molecule has 0 unspecified atom stereocenters. The number of aromatic nitrogens is 4. The number of ether oxygens (including phenoxy) is 1. The van der Waals surface area contributed by atoms with Crippen molar-refractivity contribution in [1.29, 1.82) is 0 Å². The van der Waals surface area contributed by atoms with Crippen molar-refractivity contribution >= 4 is 27.3 Å². The fourth-order valence-corrected chi connectivity index (χ4v) is 4.03. The highest BCUT2D eigenvalue weighted by Crippen LogP contribution is 2.30. The van der Waals surface area contributed by atoms with Crippen LogP contribution >= 0.6 is 0 Å². The standard InChI is InChI=1S/C21H17FN6O4S/c1-32-19-10-7-16(12-18(19)26-33(30,31)17-8-5-15(22)6-9-17)23-21(29)14-4-2-3-13(11-14)20-24-27-28-25-20/h2-12,26H,1H3,(H,23,29)(H,24,25,27,28). The van der Waals surface area contributed by atoms with Gasteiger partial charge in [-0.25, -0.2) is 12.8 Å². The summed E-state index contributed by atoms with van der Waals surface area (Å²) in [6, 6.07) is 15.5. The second-order valence-electron chi connectivity index (χ2n) is 6.74. The van der Waals surface area contributed by atoms with Gasteiger partial charge in [0.15, 0.2) is 0 Å². The zero-order valence-electron chi connectivity index (χ0n) is 17.1. The highest BCUT2D eigenvalue weighted by atomic mass is 32.2. The Morgan fingerprint density at radius 2 is 1.85 bits per heavy atom. The number of halogens is 1. The van der Waals surface area contributed by atoms with Gasteiger partial charge >= 0.3 is 0 Å². The Balaban J connectivity index is 1.57. The summed E-state index contributed by atoms with van der Waals surface area (Å²) in [4.78, 5) is 12.6. The van der Waals surface area contributed by atoms with Crippen molar-refractivity contribution in [1.82, 2.24) is 20.6 Å². The van der Waals surface area contributed by atoms with Crippen LogP contribution in [0.15, 0.2) is 71.6 Å². The molecule has 1 heterocycles. The number of nitrogens with zero attached hydrogens (tertiary/aromatic N) is 3. The number of rotatable bonds is 7. The van der Waals surface area contributed by atoms with Gasteiger partial charge < -0.3 is 10.1 Å². The molecule has 1 amide bonds. The zero-order valence-corrected chi connectivity index (χ0v) is 17.9. The highest BCUT2D eigenvalue weighted by Gasteiger charge is 2.18. The van der Waals surface area contributed by atoms with E-state index in [0.717, 1.165) is 24.3 Å². The summed E-state index contributed by atoms with van der Waals surface area (Å²) in [5.74, 6) is -0.415. The lowest BCUT2D eigenvalue weighted by molar-refractivity contribution is 0.102. The maximum absolute atomic E-state index is 13.2. The smallest absolute Gasteiger partial charge is 0.262 e. The Morgan fingerprint density at radius 1 is 1.06 bits per heavy atom.